The van der Waals surface area contributed by atoms with Crippen LogP contribution in [0.4, 0.5) is 5.69 Å². The molecule has 4 rings (SSSR count). The van der Waals surface area contributed by atoms with Crippen LogP contribution in [0.3, 0.4) is 0 Å². The summed E-state index contributed by atoms with van der Waals surface area (Å²) in [6.07, 6.45) is 3.18. The third kappa shape index (κ3) is 6.15. The van der Waals surface area contributed by atoms with Crippen molar-refractivity contribution in [3.05, 3.63) is 117 Å². The van der Waals surface area contributed by atoms with Crippen molar-refractivity contribution in [2.75, 3.05) is 5.43 Å². The van der Waals surface area contributed by atoms with E-state index >= 15 is 0 Å². The molecule has 4 nitrogen and oxygen atoms in total. The number of hydrogen-bond acceptors (Lipinski definition) is 5. The lowest BCUT2D eigenvalue weighted by molar-refractivity contribution is 0.103. The zero-order valence-corrected chi connectivity index (χ0v) is 20.1. The van der Waals surface area contributed by atoms with Crippen molar-refractivity contribution in [3.63, 3.8) is 0 Å². The number of halogens is 3. The molecule has 0 saturated carbocycles. The van der Waals surface area contributed by atoms with Crippen molar-refractivity contribution in [3.8, 4) is 0 Å². The van der Waals surface area contributed by atoms with Crippen molar-refractivity contribution in [2.24, 2.45) is 5.10 Å². The molecule has 8 heteroatoms. The zero-order valence-electron chi connectivity index (χ0n) is 17.0. The number of ketones is 1. The minimum absolute atomic E-state index is 0.127. The molecule has 0 radical (unpaired) electrons. The molecule has 1 N–H and O–H groups in total. The minimum atomic E-state index is -0.127. The van der Waals surface area contributed by atoms with Gasteiger partial charge in [0.2, 0.25) is 0 Å². The fraction of sp³-hybridized carbons (Fsp3) is 0. The van der Waals surface area contributed by atoms with E-state index in [1.54, 1.807) is 42.6 Å². The van der Waals surface area contributed by atoms with E-state index in [-0.39, 0.29) is 5.78 Å². The Kier molecular flexibility index (Phi) is 7.68. The summed E-state index contributed by atoms with van der Waals surface area (Å²) in [5.74, 6) is -0.127. The van der Waals surface area contributed by atoms with E-state index in [9.17, 15) is 4.79 Å². The Labute approximate surface area is 210 Å². The molecule has 1 aromatic heterocycles. The second kappa shape index (κ2) is 10.9. The topological polar surface area (TPSA) is 54.4 Å². The van der Waals surface area contributed by atoms with E-state index in [4.69, 9.17) is 34.8 Å². The number of hydrazone groups is 1. The monoisotopic (exact) mass is 511 g/mol. The molecule has 3 aromatic carbocycles. The first-order valence-electron chi connectivity index (χ1n) is 9.77. The van der Waals surface area contributed by atoms with E-state index in [0.29, 0.717) is 32.0 Å². The average Bonchev–Trinajstić information content (AvgIpc) is 2.83. The highest BCUT2D eigenvalue weighted by Crippen LogP contribution is 2.40. The number of rotatable bonds is 7. The van der Waals surface area contributed by atoms with Gasteiger partial charge in [0.25, 0.3) is 0 Å². The molecule has 0 aliphatic carbocycles. The van der Waals surface area contributed by atoms with E-state index in [1.807, 2.05) is 42.5 Å². The number of nitrogens with one attached hydrogen (secondary N) is 1. The number of anilines is 1. The summed E-state index contributed by atoms with van der Waals surface area (Å²) < 4.78 is 0. The van der Waals surface area contributed by atoms with Crippen LogP contribution >= 0.6 is 46.6 Å². The van der Waals surface area contributed by atoms with E-state index < -0.39 is 0 Å². The Morgan fingerprint density at radius 2 is 1.55 bits per heavy atom. The first kappa shape index (κ1) is 23.3. The van der Waals surface area contributed by atoms with Crippen LogP contribution < -0.4 is 5.43 Å². The SMILES string of the molecule is O=C(c1ccc(Sc2c(Cl)cc(N/N=C/c3ccccc3)cc2Cl)cc1)c1ccc(Cl)nc1. The molecular formula is C25H16Cl3N3OS. The molecule has 0 atom stereocenters. The van der Waals surface area contributed by atoms with Crippen LogP contribution in [0.15, 0.2) is 100.0 Å². The van der Waals surface area contributed by atoms with Crippen LogP contribution in [-0.4, -0.2) is 17.0 Å². The summed E-state index contributed by atoms with van der Waals surface area (Å²) >= 11 is 20.2. The molecule has 0 fully saturated rings. The molecule has 0 aliphatic rings. The van der Waals surface area contributed by atoms with Gasteiger partial charge in [0.1, 0.15) is 5.15 Å². The number of carbonyl (C=O) groups excluding carboxylic acids is 1. The maximum Gasteiger partial charge on any atom is 0.194 e. The van der Waals surface area contributed by atoms with Crippen molar-refractivity contribution in [1.29, 1.82) is 0 Å². The Morgan fingerprint density at radius 1 is 0.879 bits per heavy atom. The molecule has 0 aliphatic heterocycles. The van der Waals surface area contributed by atoms with Crippen LogP contribution in [0.5, 0.6) is 0 Å². The molecular weight excluding hydrogens is 497 g/mol. The van der Waals surface area contributed by atoms with E-state index in [2.05, 4.69) is 15.5 Å². The van der Waals surface area contributed by atoms with Gasteiger partial charge in [0.05, 0.1) is 21.9 Å². The molecule has 0 unspecified atom stereocenters. The third-order valence-electron chi connectivity index (χ3n) is 4.53. The van der Waals surface area contributed by atoms with Gasteiger partial charge in [0.15, 0.2) is 5.78 Å². The summed E-state index contributed by atoms with van der Waals surface area (Å²) in [5, 5.41) is 5.56. The van der Waals surface area contributed by atoms with Crippen LogP contribution in [0.2, 0.25) is 15.2 Å². The van der Waals surface area contributed by atoms with Gasteiger partial charge in [0, 0.05) is 27.1 Å². The van der Waals surface area contributed by atoms with Crippen molar-refractivity contribution < 1.29 is 4.79 Å². The van der Waals surface area contributed by atoms with Crippen LogP contribution in [0.25, 0.3) is 0 Å². The highest BCUT2D eigenvalue weighted by Gasteiger charge is 2.13. The number of benzene rings is 3. The maximum absolute atomic E-state index is 12.6. The van der Waals surface area contributed by atoms with Gasteiger partial charge in [-0.25, -0.2) is 4.98 Å². The Morgan fingerprint density at radius 3 is 2.18 bits per heavy atom. The number of nitrogens with zero attached hydrogens (tertiary/aromatic N) is 2. The van der Waals surface area contributed by atoms with Crippen molar-refractivity contribution >= 4 is 64.2 Å². The smallest absolute Gasteiger partial charge is 0.194 e. The average molecular weight is 513 g/mol. The summed E-state index contributed by atoms with van der Waals surface area (Å²) in [4.78, 5) is 18.2. The first-order chi connectivity index (χ1) is 16.0. The highest BCUT2D eigenvalue weighted by atomic mass is 35.5. The molecule has 4 aromatic rings. The first-order valence-corrected chi connectivity index (χ1v) is 11.7. The second-order valence-electron chi connectivity index (χ2n) is 6.87. The van der Waals surface area contributed by atoms with Crippen LogP contribution in [0, 0.1) is 0 Å². The standard InChI is InChI=1S/C25H16Cl3N3OS/c26-21-12-19(31-30-14-16-4-2-1-3-5-16)13-22(27)25(21)33-20-9-6-17(7-10-20)24(32)18-8-11-23(28)29-15-18/h1-15,31H/b30-14+. The van der Waals surface area contributed by atoms with E-state index in [0.717, 1.165) is 15.4 Å². The predicted octanol–water partition coefficient (Wildman–Crippen LogP) is 7.87. The number of hydrogen-bond donors (Lipinski definition) is 1. The fourth-order valence-electron chi connectivity index (χ4n) is 2.91. The number of pyridine rings is 1. The van der Waals surface area contributed by atoms with Crippen molar-refractivity contribution in [1.82, 2.24) is 4.98 Å². The number of aromatic nitrogens is 1. The summed E-state index contributed by atoms with van der Waals surface area (Å²) in [5.41, 5.74) is 5.63. The van der Waals surface area contributed by atoms with Gasteiger partial charge in [-0.05, 0) is 54.1 Å². The third-order valence-corrected chi connectivity index (χ3v) is 6.73. The van der Waals surface area contributed by atoms with Crippen molar-refractivity contribution in [2.45, 2.75) is 9.79 Å². The molecule has 0 amide bonds. The maximum atomic E-state index is 12.6. The normalized spacial score (nSPS) is 11.0. The quantitative estimate of drug-likeness (QED) is 0.118. The predicted molar refractivity (Wildman–Crippen MR) is 137 cm³/mol. The lowest BCUT2D eigenvalue weighted by Gasteiger charge is -2.10. The van der Waals surface area contributed by atoms with Gasteiger partial charge >= 0.3 is 0 Å². The van der Waals surface area contributed by atoms with E-state index in [1.165, 1.54) is 18.0 Å². The highest BCUT2D eigenvalue weighted by molar-refractivity contribution is 7.99. The zero-order chi connectivity index (χ0) is 23.2. The van der Waals surface area contributed by atoms with Gasteiger partial charge in [-0.3, -0.25) is 10.2 Å². The summed E-state index contributed by atoms with van der Waals surface area (Å²) in [7, 11) is 0. The number of carbonyl (C=O) groups is 1. The Hall–Kier alpha value is -2.83. The molecule has 1 heterocycles. The van der Waals surface area contributed by atoms with Crippen LogP contribution in [0.1, 0.15) is 21.5 Å². The summed E-state index contributed by atoms with van der Waals surface area (Å²) in [6.45, 7) is 0. The van der Waals surface area contributed by atoms with Crippen LogP contribution in [-0.2, 0) is 0 Å². The second-order valence-corrected chi connectivity index (χ2v) is 9.16. The van der Waals surface area contributed by atoms with Gasteiger partial charge in [-0.2, -0.15) is 5.10 Å². The fourth-order valence-corrected chi connectivity index (χ4v) is 4.56. The van der Waals surface area contributed by atoms with Gasteiger partial charge < -0.3 is 0 Å². The lowest BCUT2D eigenvalue weighted by Crippen LogP contribution is -2.01. The largest absolute Gasteiger partial charge is 0.289 e. The Balaban J connectivity index is 1.44. The molecule has 0 bridgehead atoms. The molecule has 0 spiro atoms. The molecule has 33 heavy (non-hydrogen) atoms. The Bertz CT molecular complexity index is 1270. The molecule has 164 valence electrons. The minimum Gasteiger partial charge on any atom is -0.289 e. The summed E-state index contributed by atoms with van der Waals surface area (Å²) in [6, 6.07) is 23.7. The molecule has 0 saturated heterocycles. The van der Waals surface area contributed by atoms with Gasteiger partial charge in [-0.1, -0.05) is 76.9 Å². The lowest BCUT2D eigenvalue weighted by atomic mass is 10.1. The van der Waals surface area contributed by atoms with Gasteiger partial charge in [-0.15, -0.1) is 0 Å².